The van der Waals surface area contributed by atoms with Crippen molar-refractivity contribution in [2.75, 3.05) is 0 Å². The summed E-state index contributed by atoms with van der Waals surface area (Å²) in [5.41, 5.74) is 17.8. The molecule has 0 aliphatic rings. The number of hydrogen-bond donors (Lipinski definition) is 0. The molecule has 3 aromatic heterocycles. The van der Waals surface area contributed by atoms with E-state index in [1.807, 2.05) is 34.0 Å². The fourth-order valence-corrected chi connectivity index (χ4v) is 27.0. The molecule has 0 fully saturated rings. The summed E-state index contributed by atoms with van der Waals surface area (Å²) in [5.74, 6) is 0. The molecule has 0 saturated carbocycles. The van der Waals surface area contributed by atoms with Gasteiger partial charge in [-0.1, -0.05) is 437 Å². The van der Waals surface area contributed by atoms with E-state index in [1.54, 1.807) is 0 Å². The number of thiophene rings is 3. The maximum atomic E-state index is 2.47. The summed E-state index contributed by atoms with van der Waals surface area (Å²) in [4.78, 5) is 0. The Bertz CT molecular complexity index is 10200. The zero-order valence-electron chi connectivity index (χ0n) is 74.4. The van der Waals surface area contributed by atoms with E-state index in [2.05, 4.69) is 485 Å². The van der Waals surface area contributed by atoms with Crippen molar-refractivity contribution in [2.24, 2.45) is 0 Å². The van der Waals surface area contributed by atoms with Crippen LogP contribution in [0.15, 0.2) is 485 Å². The molecule has 0 amide bonds. The Morgan fingerprint density at radius 3 is 0.657 bits per heavy atom. The highest BCUT2D eigenvalue weighted by molar-refractivity contribution is 7.28. The maximum absolute atomic E-state index is 2.47. The second kappa shape index (κ2) is 32.0. The van der Waals surface area contributed by atoms with Crippen LogP contribution in [0.25, 0.3) is 289 Å². The summed E-state index contributed by atoms with van der Waals surface area (Å²) < 4.78 is 8.10. The monoisotopic (exact) mass is 1780 g/mol. The Morgan fingerprint density at radius 2 is 0.328 bits per heavy atom. The summed E-state index contributed by atoms with van der Waals surface area (Å²) in [6.07, 6.45) is 0. The minimum Gasteiger partial charge on any atom is -0.135 e. The zero-order valence-corrected chi connectivity index (χ0v) is 76.9. The average Bonchev–Trinajstić information content (AvgIpc) is 0.944. The minimum atomic E-state index is 1.23. The van der Waals surface area contributed by atoms with Crippen LogP contribution >= 0.6 is 34.0 Å². The number of fused-ring (bicyclic) bond motifs is 33. The van der Waals surface area contributed by atoms with Gasteiger partial charge in [0.05, 0.1) is 0 Å². The molecule has 3 heterocycles. The van der Waals surface area contributed by atoms with Crippen molar-refractivity contribution in [3.63, 3.8) is 0 Å². The van der Waals surface area contributed by atoms with Gasteiger partial charge in [-0.05, 0) is 261 Å². The molecular weight excluding hydrogens is 1710 g/mol. The van der Waals surface area contributed by atoms with E-state index < -0.39 is 0 Å². The summed E-state index contributed by atoms with van der Waals surface area (Å²) in [6.45, 7) is 0. The maximum Gasteiger partial charge on any atom is 0.0440 e. The van der Waals surface area contributed by atoms with E-state index in [0.717, 1.165) is 0 Å². The van der Waals surface area contributed by atoms with Crippen LogP contribution in [-0.2, 0) is 0 Å². The van der Waals surface area contributed by atoms with Gasteiger partial charge in [0, 0.05) is 76.7 Å². The van der Waals surface area contributed by atoms with Crippen LogP contribution in [0.1, 0.15) is 0 Å². The first-order chi connectivity index (χ1) is 68.0. The molecule has 0 nitrogen and oxygen atoms in total. The minimum absolute atomic E-state index is 1.23. The van der Waals surface area contributed by atoms with Crippen molar-refractivity contribution < 1.29 is 0 Å². The number of rotatable bonds is 7. The van der Waals surface area contributed by atoms with Gasteiger partial charge >= 0.3 is 0 Å². The predicted octanol–water partition coefficient (Wildman–Crippen LogP) is 40.0. The van der Waals surface area contributed by atoms with Gasteiger partial charge < -0.3 is 0 Å². The molecule has 30 rings (SSSR count). The van der Waals surface area contributed by atoms with Crippen LogP contribution < -0.4 is 0 Å². The molecule has 0 aliphatic carbocycles. The molecule has 3 heteroatoms. The van der Waals surface area contributed by atoms with Crippen LogP contribution in [0.5, 0.6) is 0 Å². The van der Waals surface area contributed by atoms with Crippen LogP contribution in [0.2, 0.25) is 0 Å². The van der Waals surface area contributed by atoms with E-state index in [4.69, 9.17) is 0 Å². The lowest BCUT2D eigenvalue weighted by atomic mass is 9.83. The van der Waals surface area contributed by atoms with Gasteiger partial charge in [0.2, 0.25) is 0 Å². The van der Waals surface area contributed by atoms with Crippen molar-refractivity contribution in [3.05, 3.63) is 485 Å². The van der Waals surface area contributed by atoms with Crippen LogP contribution in [0.4, 0.5) is 0 Å². The van der Waals surface area contributed by atoms with Crippen molar-refractivity contribution in [2.45, 2.75) is 0 Å². The Labute approximate surface area is 802 Å². The molecular formula is C134H80S3. The van der Waals surface area contributed by atoms with Crippen molar-refractivity contribution in [3.8, 4) is 77.9 Å². The third-order valence-electron chi connectivity index (χ3n) is 29.1. The molecule has 0 spiro atoms. The van der Waals surface area contributed by atoms with E-state index >= 15 is 0 Å². The third kappa shape index (κ3) is 12.5. The molecule has 30 aromatic rings. The van der Waals surface area contributed by atoms with Gasteiger partial charge in [0.1, 0.15) is 0 Å². The normalized spacial score (nSPS) is 11.9. The second-order valence-corrected chi connectivity index (χ2v) is 39.5. The molecule has 0 unspecified atom stereocenters. The molecule has 0 atom stereocenters. The highest BCUT2D eigenvalue weighted by Gasteiger charge is 2.26. The molecule has 634 valence electrons. The standard InChI is InChI=1S/C48H28S.C46H28S.C40H24S/c1-2-14-31-29(13-1)27-42(35-18-4-3-15-32(31)35)46-39-22-10-8-20-37(39)45(38-21-9-11-23-40(38)46)30-25-26-44-43(28-30)47-36-19-7-5-16-33(36)34-17-6-12-24-41(34)48(47)49-44;1-2-13-29(14-3-1)30-15-12-16-31(27-30)43-36-20-7-9-22-38(36)44(39-23-10-8-21-37(39)43)32-25-26-42-41(28-32)45-35-19-6-4-17-33(35)34-18-5-11-24-40(34)46(45)47-42;1-2-12-25(13-3-1)37-30-17-7-9-19-32(30)38(33-20-10-8-18-31(33)37)26-22-23-36-35(24-26)39-29-16-6-4-14-27(29)28-15-5-11-21-34(28)40(39)41-36/h1-28H;1-28H;1-24H. The first-order valence-electron chi connectivity index (χ1n) is 47.2. The summed E-state index contributed by atoms with van der Waals surface area (Å²) in [7, 11) is 0. The number of hydrogen-bond acceptors (Lipinski definition) is 3. The molecule has 0 saturated heterocycles. The molecule has 0 radical (unpaired) electrons. The Hall–Kier alpha value is -16.8. The van der Waals surface area contributed by atoms with Crippen LogP contribution in [-0.4, -0.2) is 0 Å². The van der Waals surface area contributed by atoms with Crippen LogP contribution in [0.3, 0.4) is 0 Å². The topological polar surface area (TPSA) is 0 Å². The van der Waals surface area contributed by atoms with E-state index in [1.165, 1.54) is 289 Å². The fraction of sp³-hybridized carbons (Fsp3) is 0. The average molecular weight is 1790 g/mol. The zero-order chi connectivity index (χ0) is 89.9. The summed E-state index contributed by atoms with van der Waals surface area (Å²) in [6, 6.07) is 179. The SMILES string of the molecule is c1ccc(-c2c3ccccc3c(-c3ccc4sc5c6ccccc6c6ccccc6c5c4c3)c3ccccc23)cc1.c1ccc(-c2cccc(-c3c4ccccc4c(-c4ccc5sc6c7ccccc7c7ccccc7c6c5c4)c4ccccc34)c2)cc1.c1ccc2c(c1)cc(-c1c3ccccc3c(-c3ccc4sc5c6ccccc6c6ccccc6c5c4c3)c3ccccc13)c1ccccc12. The summed E-state index contributed by atoms with van der Waals surface area (Å²) in [5, 5.41) is 44.6. The van der Waals surface area contributed by atoms with E-state index in [-0.39, 0.29) is 0 Å². The largest absolute Gasteiger partial charge is 0.135 e. The lowest BCUT2D eigenvalue weighted by Gasteiger charge is -2.19. The van der Waals surface area contributed by atoms with Gasteiger partial charge in [0.25, 0.3) is 0 Å². The van der Waals surface area contributed by atoms with Gasteiger partial charge in [-0.25, -0.2) is 0 Å². The van der Waals surface area contributed by atoms with E-state index in [0.29, 0.717) is 0 Å². The fourth-order valence-electron chi connectivity index (χ4n) is 23.3. The second-order valence-electron chi connectivity index (χ2n) is 36.4. The quantitative estimate of drug-likeness (QED) is 0.110. The lowest BCUT2D eigenvalue weighted by Crippen LogP contribution is -1.92. The lowest BCUT2D eigenvalue weighted by molar-refractivity contribution is 1.61. The van der Waals surface area contributed by atoms with Crippen LogP contribution in [0, 0.1) is 0 Å². The Balaban J connectivity index is 0.000000102. The Morgan fingerprint density at radius 1 is 0.109 bits per heavy atom. The predicted molar refractivity (Wildman–Crippen MR) is 601 cm³/mol. The first-order valence-corrected chi connectivity index (χ1v) is 49.7. The smallest absolute Gasteiger partial charge is 0.0440 e. The van der Waals surface area contributed by atoms with Gasteiger partial charge in [-0.3, -0.25) is 0 Å². The highest BCUT2D eigenvalue weighted by atomic mass is 32.1. The van der Waals surface area contributed by atoms with Crippen molar-refractivity contribution in [1.82, 2.24) is 0 Å². The molecule has 0 bridgehead atoms. The first kappa shape index (κ1) is 78.9. The van der Waals surface area contributed by atoms with Gasteiger partial charge in [0.15, 0.2) is 0 Å². The molecule has 27 aromatic carbocycles. The third-order valence-corrected chi connectivity index (χ3v) is 32.7. The van der Waals surface area contributed by atoms with Crippen molar-refractivity contribution in [1.29, 1.82) is 0 Å². The van der Waals surface area contributed by atoms with Gasteiger partial charge in [-0.15, -0.1) is 34.0 Å². The molecule has 137 heavy (non-hydrogen) atoms. The molecule has 0 aliphatic heterocycles. The van der Waals surface area contributed by atoms with Gasteiger partial charge in [-0.2, -0.15) is 0 Å². The molecule has 0 N–H and O–H groups in total. The van der Waals surface area contributed by atoms with E-state index in [9.17, 15) is 0 Å². The van der Waals surface area contributed by atoms with Crippen molar-refractivity contribution >= 4 is 245 Å². The Kier molecular flexibility index (Phi) is 18.4. The highest BCUT2D eigenvalue weighted by Crippen LogP contribution is 2.55. The summed E-state index contributed by atoms with van der Waals surface area (Å²) >= 11 is 5.75. The number of benzene rings is 27.